The molecular formula is C13H16BrFN2O2. The lowest BCUT2D eigenvalue weighted by Gasteiger charge is -2.16. The normalized spacial score (nSPS) is 22.5. The second-order valence-electron chi connectivity index (χ2n) is 4.49. The summed E-state index contributed by atoms with van der Waals surface area (Å²) >= 11 is 3.28. The molecule has 19 heavy (non-hydrogen) atoms. The number of ether oxygens (including phenoxy) is 1. The Balaban J connectivity index is 1.95. The van der Waals surface area contributed by atoms with Crippen LogP contribution in [-0.4, -0.2) is 32.2 Å². The highest BCUT2D eigenvalue weighted by Crippen LogP contribution is 2.17. The van der Waals surface area contributed by atoms with Gasteiger partial charge in [0.25, 0.3) is 0 Å². The summed E-state index contributed by atoms with van der Waals surface area (Å²) in [4.78, 5) is 12.0. The molecule has 2 unspecified atom stereocenters. The van der Waals surface area contributed by atoms with Crippen LogP contribution in [0, 0.1) is 11.7 Å². The molecule has 104 valence electrons. The molecule has 2 rings (SSSR count). The molecule has 2 N–H and O–H groups in total. The highest BCUT2D eigenvalue weighted by Gasteiger charge is 2.32. The first-order chi connectivity index (χ1) is 9.11. The summed E-state index contributed by atoms with van der Waals surface area (Å²) in [6.45, 7) is 1.11. The molecule has 0 aromatic heterocycles. The summed E-state index contributed by atoms with van der Waals surface area (Å²) in [5, 5.41) is 5.80. The van der Waals surface area contributed by atoms with Gasteiger partial charge in [-0.2, -0.15) is 0 Å². The van der Waals surface area contributed by atoms with Crippen molar-refractivity contribution in [3.05, 3.63) is 34.1 Å². The molecule has 1 aromatic carbocycles. The lowest BCUT2D eigenvalue weighted by atomic mass is 10.0. The Bertz CT molecular complexity index is 470. The molecular weight excluding hydrogens is 315 g/mol. The van der Waals surface area contributed by atoms with Crippen LogP contribution in [0.15, 0.2) is 22.7 Å². The number of rotatable bonds is 4. The molecule has 0 radical (unpaired) electrons. The van der Waals surface area contributed by atoms with Crippen molar-refractivity contribution in [1.29, 1.82) is 0 Å². The van der Waals surface area contributed by atoms with Crippen LogP contribution in [0.25, 0.3) is 0 Å². The second kappa shape index (κ2) is 6.45. The van der Waals surface area contributed by atoms with Gasteiger partial charge < -0.3 is 15.4 Å². The van der Waals surface area contributed by atoms with Crippen LogP contribution in [0.1, 0.15) is 5.56 Å². The van der Waals surface area contributed by atoms with Crippen molar-refractivity contribution >= 4 is 21.8 Å². The minimum absolute atomic E-state index is 0.0207. The van der Waals surface area contributed by atoms with Crippen LogP contribution < -0.4 is 10.6 Å². The van der Waals surface area contributed by atoms with Crippen LogP contribution in [0.3, 0.4) is 0 Å². The van der Waals surface area contributed by atoms with Gasteiger partial charge in [-0.05, 0) is 25.2 Å². The van der Waals surface area contributed by atoms with Gasteiger partial charge >= 0.3 is 0 Å². The number of hydrogen-bond donors (Lipinski definition) is 2. The molecule has 4 nitrogen and oxygen atoms in total. The van der Waals surface area contributed by atoms with E-state index in [0.717, 1.165) is 4.47 Å². The van der Waals surface area contributed by atoms with E-state index < -0.39 is 0 Å². The number of likely N-dealkylation sites (N-methyl/N-ethyl adjacent to an activating group) is 1. The van der Waals surface area contributed by atoms with Crippen LogP contribution in [0.2, 0.25) is 0 Å². The van der Waals surface area contributed by atoms with Gasteiger partial charge in [0.1, 0.15) is 5.82 Å². The van der Waals surface area contributed by atoms with Crippen LogP contribution in [0.4, 0.5) is 4.39 Å². The van der Waals surface area contributed by atoms with E-state index in [4.69, 9.17) is 4.74 Å². The lowest BCUT2D eigenvalue weighted by Crippen LogP contribution is -2.42. The van der Waals surface area contributed by atoms with Crippen molar-refractivity contribution in [1.82, 2.24) is 10.6 Å². The monoisotopic (exact) mass is 330 g/mol. The summed E-state index contributed by atoms with van der Waals surface area (Å²) in [6.07, 6.45) is 0. The van der Waals surface area contributed by atoms with E-state index in [9.17, 15) is 9.18 Å². The van der Waals surface area contributed by atoms with E-state index >= 15 is 0 Å². The Hall–Kier alpha value is -0.980. The van der Waals surface area contributed by atoms with Crippen molar-refractivity contribution in [2.24, 2.45) is 5.92 Å². The zero-order valence-electron chi connectivity index (χ0n) is 10.6. The molecule has 1 fully saturated rings. The number of carbonyl (C=O) groups is 1. The first-order valence-corrected chi connectivity index (χ1v) is 6.87. The molecule has 0 bridgehead atoms. The maximum atomic E-state index is 13.5. The zero-order valence-corrected chi connectivity index (χ0v) is 12.2. The summed E-state index contributed by atoms with van der Waals surface area (Å²) in [6, 6.07) is 4.69. The van der Waals surface area contributed by atoms with E-state index in [2.05, 4.69) is 26.6 Å². The molecule has 0 saturated carbocycles. The average Bonchev–Trinajstić information content (AvgIpc) is 2.88. The van der Waals surface area contributed by atoms with E-state index in [0.29, 0.717) is 18.8 Å². The van der Waals surface area contributed by atoms with Gasteiger partial charge in [0, 0.05) is 22.6 Å². The largest absolute Gasteiger partial charge is 0.379 e. The third-order valence-electron chi connectivity index (χ3n) is 3.25. The molecule has 1 heterocycles. The Morgan fingerprint density at radius 1 is 1.53 bits per heavy atom. The third-order valence-corrected chi connectivity index (χ3v) is 3.74. The number of hydrogen-bond acceptors (Lipinski definition) is 3. The number of halogens is 2. The lowest BCUT2D eigenvalue weighted by molar-refractivity contribution is -0.125. The van der Waals surface area contributed by atoms with Gasteiger partial charge in [-0.25, -0.2) is 4.39 Å². The van der Waals surface area contributed by atoms with Gasteiger partial charge in [-0.1, -0.05) is 15.9 Å². The fraction of sp³-hybridized carbons (Fsp3) is 0.462. The molecule has 1 saturated heterocycles. The maximum absolute atomic E-state index is 13.5. The van der Waals surface area contributed by atoms with Crippen molar-refractivity contribution in [2.75, 3.05) is 20.3 Å². The van der Waals surface area contributed by atoms with Crippen molar-refractivity contribution in [3.63, 3.8) is 0 Å². The molecule has 0 spiro atoms. The first-order valence-electron chi connectivity index (χ1n) is 6.08. The topological polar surface area (TPSA) is 50.4 Å². The summed E-state index contributed by atoms with van der Waals surface area (Å²) < 4.78 is 19.6. The minimum Gasteiger partial charge on any atom is -0.379 e. The highest BCUT2D eigenvalue weighted by molar-refractivity contribution is 9.10. The van der Waals surface area contributed by atoms with Crippen molar-refractivity contribution in [3.8, 4) is 0 Å². The number of nitrogens with one attached hydrogen (secondary N) is 2. The Morgan fingerprint density at radius 2 is 2.32 bits per heavy atom. The quantitative estimate of drug-likeness (QED) is 0.878. The Kier molecular flexibility index (Phi) is 4.90. The predicted molar refractivity (Wildman–Crippen MR) is 73.1 cm³/mol. The Labute approximate surface area is 119 Å². The zero-order chi connectivity index (χ0) is 13.8. The molecule has 6 heteroatoms. The number of benzene rings is 1. The third kappa shape index (κ3) is 3.52. The molecule has 1 aromatic rings. The standard InChI is InChI=1S/C13H16BrFN2O2/c1-16-12-7-19-6-10(12)13(18)17-5-8-4-9(14)2-3-11(8)15/h2-4,10,12,16H,5-7H2,1H3,(H,17,18). The van der Waals surface area contributed by atoms with Gasteiger partial charge in [-0.3, -0.25) is 4.79 Å². The maximum Gasteiger partial charge on any atom is 0.227 e. The Morgan fingerprint density at radius 3 is 3.05 bits per heavy atom. The van der Waals surface area contributed by atoms with E-state index in [1.807, 2.05) is 0 Å². The van der Waals surface area contributed by atoms with Crippen LogP contribution >= 0.6 is 15.9 Å². The molecule has 1 aliphatic heterocycles. The van der Waals surface area contributed by atoms with Gasteiger partial charge in [0.15, 0.2) is 0 Å². The first kappa shape index (κ1) is 14.4. The second-order valence-corrected chi connectivity index (χ2v) is 5.41. The predicted octanol–water partition coefficient (Wildman–Crippen LogP) is 1.44. The highest BCUT2D eigenvalue weighted by atomic mass is 79.9. The molecule has 1 aliphatic rings. The van der Waals surface area contributed by atoms with E-state index in [1.165, 1.54) is 6.07 Å². The fourth-order valence-corrected chi connectivity index (χ4v) is 2.50. The summed E-state index contributed by atoms with van der Waals surface area (Å²) in [7, 11) is 1.80. The molecule has 2 atom stereocenters. The van der Waals surface area contributed by atoms with Gasteiger partial charge in [0.05, 0.1) is 19.1 Å². The van der Waals surface area contributed by atoms with Crippen LogP contribution in [-0.2, 0) is 16.1 Å². The number of carbonyl (C=O) groups excluding carboxylic acids is 1. The summed E-state index contributed by atoms with van der Waals surface area (Å²) in [5.41, 5.74) is 0.461. The van der Waals surface area contributed by atoms with Gasteiger partial charge in [-0.15, -0.1) is 0 Å². The van der Waals surface area contributed by atoms with E-state index in [1.54, 1.807) is 19.2 Å². The number of amides is 1. The summed E-state index contributed by atoms with van der Waals surface area (Å²) in [5.74, 6) is -0.659. The molecule has 0 aliphatic carbocycles. The SMILES string of the molecule is CNC1COCC1C(=O)NCc1cc(Br)ccc1F. The van der Waals surface area contributed by atoms with Crippen LogP contribution in [0.5, 0.6) is 0 Å². The average molecular weight is 331 g/mol. The van der Waals surface area contributed by atoms with Crippen molar-refractivity contribution in [2.45, 2.75) is 12.6 Å². The van der Waals surface area contributed by atoms with Crippen molar-refractivity contribution < 1.29 is 13.9 Å². The fourth-order valence-electron chi connectivity index (χ4n) is 2.09. The van der Waals surface area contributed by atoms with Gasteiger partial charge in [0.2, 0.25) is 5.91 Å². The minimum atomic E-state index is -0.323. The smallest absolute Gasteiger partial charge is 0.227 e. The molecule has 1 amide bonds. The van der Waals surface area contributed by atoms with E-state index in [-0.39, 0.29) is 30.2 Å².